The molecule has 6 nitrogen and oxygen atoms in total. The summed E-state index contributed by atoms with van der Waals surface area (Å²) < 4.78 is 14.3. The first-order chi connectivity index (χ1) is 10.2. The van der Waals surface area contributed by atoms with Gasteiger partial charge in [0.15, 0.2) is 5.82 Å². The quantitative estimate of drug-likeness (QED) is 0.774. The van der Waals surface area contributed by atoms with E-state index in [-0.39, 0.29) is 17.2 Å². The van der Waals surface area contributed by atoms with Crippen LogP contribution in [0, 0.1) is 17.1 Å². The first kappa shape index (κ1) is 12.7. The molecule has 0 unspecified atom stereocenters. The zero-order valence-electron chi connectivity index (χ0n) is 10.7. The van der Waals surface area contributed by atoms with E-state index >= 15 is 0 Å². The Labute approximate surface area is 119 Å². The molecule has 0 aliphatic carbocycles. The molecule has 0 saturated carbocycles. The van der Waals surface area contributed by atoms with Gasteiger partial charge in [-0.1, -0.05) is 0 Å². The fourth-order valence-corrected chi connectivity index (χ4v) is 1.93. The second kappa shape index (κ2) is 5.02. The highest BCUT2D eigenvalue weighted by molar-refractivity contribution is 5.73. The van der Waals surface area contributed by atoms with Gasteiger partial charge < -0.3 is 5.73 Å². The fourth-order valence-electron chi connectivity index (χ4n) is 1.93. The standard InChI is InChI=1S/C14H9FN6/c15-10-3-1-9(2-4-10)13-11(7-16)14(17)21(20-13)12-8-18-5-6-19-12/h1-6,8H,17H2. The Morgan fingerprint density at radius 3 is 2.57 bits per heavy atom. The van der Waals surface area contributed by atoms with Crippen molar-refractivity contribution in [3.63, 3.8) is 0 Å². The van der Waals surface area contributed by atoms with Crippen LogP contribution in [-0.4, -0.2) is 19.7 Å². The molecule has 0 atom stereocenters. The van der Waals surface area contributed by atoms with Crippen molar-refractivity contribution in [2.24, 2.45) is 0 Å². The highest BCUT2D eigenvalue weighted by Crippen LogP contribution is 2.28. The van der Waals surface area contributed by atoms with Crippen LogP contribution in [0.25, 0.3) is 17.1 Å². The molecular formula is C14H9FN6. The van der Waals surface area contributed by atoms with E-state index in [0.29, 0.717) is 17.1 Å². The van der Waals surface area contributed by atoms with Crippen molar-refractivity contribution in [3.8, 4) is 23.1 Å². The maximum absolute atomic E-state index is 13.0. The third kappa shape index (κ3) is 2.19. The molecule has 2 N–H and O–H groups in total. The van der Waals surface area contributed by atoms with Gasteiger partial charge in [-0.3, -0.25) is 4.98 Å². The van der Waals surface area contributed by atoms with E-state index in [1.54, 1.807) is 12.1 Å². The Kier molecular flexibility index (Phi) is 3.04. The van der Waals surface area contributed by atoms with Crippen LogP contribution in [-0.2, 0) is 0 Å². The maximum atomic E-state index is 13.0. The molecule has 2 aromatic heterocycles. The second-order valence-corrected chi connectivity index (χ2v) is 4.20. The van der Waals surface area contributed by atoms with Crippen molar-refractivity contribution in [1.82, 2.24) is 19.7 Å². The zero-order chi connectivity index (χ0) is 14.8. The summed E-state index contributed by atoms with van der Waals surface area (Å²) in [4.78, 5) is 8.03. The van der Waals surface area contributed by atoms with E-state index in [0.717, 1.165) is 0 Å². The SMILES string of the molecule is N#Cc1c(-c2ccc(F)cc2)nn(-c2cnccn2)c1N. The smallest absolute Gasteiger partial charge is 0.174 e. The van der Waals surface area contributed by atoms with Gasteiger partial charge in [0.2, 0.25) is 0 Å². The van der Waals surface area contributed by atoms with Crippen molar-refractivity contribution in [1.29, 1.82) is 5.26 Å². The van der Waals surface area contributed by atoms with Crippen LogP contribution in [0.1, 0.15) is 5.56 Å². The Balaban J connectivity index is 2.19. The van der Waals surface area contributed by atoms with Crippen LogP contribution in [0.2, 0.25) is 0 Å². The summed E-state index contributed by atoms with van der Waals surface area (Å²) in [5.74, 6) is 0.204. The second-order valence-electron chi connectivity index (χ2n) is 4.20. The first-order valence-electron chi connectivity index (χ1n) is 6.01. The predicted octanol–water partition coefficient (Wildman–Crippen LogP) is 1.92. The zero-order valence-corrected chi connectivity index (χ0v) is 10.7. The average Bonchev–Trinajstić information content (AvgIpc) is 2.85. The number of nitrogens with two attached hydrogens (primary N) is 1. The number of nitriles is 1. The lowest BCUT2D eigenvalue weighted by Gasteiger charge is -2.00. The molecule has 3 aromatic rings. The summed E-state index contributed by atoms with van der Waals surface area (Å²) in [6.07, 6.45) is 4.51. The summed E-state index contributed by atoms with van der Waals surface area (Å²) in [6.45, 7) is 0. The summed E-state index contributed by atoms with van der Waals surface area (Å²) >= 11 is 0. The van der Waals surface area contributed by atoms with Crippen molar-refractivity contribution >= 4 is 5.82 Å². The van der Waals surface area contributed by atoms with Gasteiger partial charge in [0.25, 0.3) is 0 Å². The van der Waals surface area contributed by atoms with Gasteiger partial charge in [-0.25, -0.2) is 9.37 Å². The Bertz CT molecular complexity index is 817. The minimum absolute atomic E-state index is 0.164. The molecule has 2 heterocycles. The highest BCUT2D eigenvalue weighted by Gasteiger charge is 2.18. The van der Waals surface area contributed by atoms with Gasteiger partial charge >= 0.3 is 0 Å². The minimum atomic E-state index is -0.362. The molecular weight excluding hydrogens is 271 g/mol. The Morgan fingerprint density at radius 2 is 1.95 bits per heavy atom. The van der Waals surface area contributed by atoms with Crippen LogP contribution < -0.4 is 5.73 Å². The summed E-state index contributed by atoms with van der Waals surface area (Å²) in [5, 5.41) is 13.6. The van der Waals surface area contributed by atoms with Gasteiger partial charge in [-0.2, -0.15) is 15.0 Å². The van der Waals surface area contributed by atoms with Crippen molar-refractivity contribution in [2.75, 3.05) is 5.73 Å². The highest BCUT2D eigenvalue weighted by atomic mass is 19.1. The van der Waals surface area contributed by atoms with E-state index < -0.39 is 0 Å². The molecule has 0 aliphatic rings. The van der Waals surface area contributed by atoms with E-state index in [9.17, 15) is 9.65 Å². The Hall–Kier alpha value is -3.27. The average molecular weight is 280 g/mol. The van der Waals surface area contributed by atoms with Crippen LogP contribution in [0.4, 0.5) is 10.2 Å². The molecule has 102 valence electrons. The fraction of sp³-hybridized carbons (Fsp3) is 0. The molecule has 0 bridgehead atoms. The lowest BCUT2D eigenvalue weighted by atomic mass is 10.1. The van der Waals surface area contributed by atoms with Gasteiger partial charge in [0, 0.05) is 18.0 Å². The lowest BCUT2D eigenvalue weighted by Crippen LogP contribution is -2.04. The number of halogens is 1. The number of nitrogen functional groups attached to an aromatic ring is 1. The normalized spacial score (nSPS) is 10.3. The van der Waals surface area contributed by atoms with Gasteiger partial charge in [0.05, 0.1) is 6.20 Å². The number of hydrogen-bond acceptors (Lipinski definition) is 5. The number of aromatic nitrogens is 4. The van der Waals surface area contributed by atoms with E-state index in [2.05, 4.69) is 15.1 Å². The van der Waals surface area contributed by atoms with Gasteiger partial charge in [0.1, 0.15) is 29.0 Å². The Morgan fingerprint density at radius 1 is 1.19 bits per heavy atom. The molecule has 1 aromatic carbocycles. The summed E-state index contributed by atoms with van der Waals surface area (Å²) in [5.41, 5.74) is 7.14. The van der Waals surface area contributed by atoms with Gasteiger partial charge in [-0.15, -0.1) is 0 Å². The lowest BCUT2D eigenvalue weighted by molar-refractivity contribution is 0.628. The molecule has 3 rings (SSSR count). The van der Waals surface area contributed by atoms with Crippen LogP contribution in [0.3, 0.4) is 0 Å². The van der Waals surface area contributed by atoms with Crippen molar-refractivity contribution in [3.05, 3.63) is 54.2 Å². The van der Waals surface area contributed by atoms with Crippen LogP contribution >= 0.6 is 0 Å². The molecule has 0 amide bonds. The van der Waals surface area contributed by atoms with E-state index in [4.69, 9.17) is 5.73 Å². The third-order valence-electron chi connectivity index (χ3n) is 2.92. The monoisotopic (exact) mass is 280 g/mol. The molecule has 0 fully saturated rings. The summed E-state index contributed by atoms with van der Waals surface area (Å²) in [6, 6.07) is 7.70. The molecule has 21 heavy (non-hydrogen) atoms. The molecule has 0 radical (unpaired) electrons. The third-order valence-corrected chi connectivity index (χ3v) is 2.92. The first-order valence-corrected chi connectivity index (χ1v) is 6.01. The number of hydrogen-bond donors (Lipinski definition) is 1. The van der Waals surface area contributed by atoms with E-state index in [1.807, 2.05) is 6.07 Å². The minimum Gasteiger partial charge on any atom is -0.382 e. The molecule has 0 spiro atoms. The van der Waals surface area contributed by atoms with Gasteiger partial charge in [-0.05, 0) is 24.3 Å². The number of nitrogens with zero attached hydrogens (tertiary/aromatic N) is 5. The number of anilines is 1. The van der Waals surface area contributed by atoms with E-state index in [1.165, 1.54) is 35.4 Å². The van der Waals surface area contributed by atoms with Crippen LogP contribution in [0.5, 0.6) is 0 Å². The van der Waals surface area contributed by atoms with Crippen molar-refractivity contribution in [2.45, 2.75) is 0 Å². The topological polar surface area (TPSA) is 93.4 Å². The van der Waals surface area contributed by atoms with Crippen molar-refractivity contribution < 1.29 is 4.39 Å². The molecule has 7 heteroatoms. The molecule has 0 saturated heterocycles. The van der Waals surface area contributed by atoms with Crippen LogP contribution in [0.15, 0.2) is 42.9 Å². The largest absolute Gasteiger partial charge is 0.382 e. The predicted molar refractivity (Wildman–Crippen MR) is 73.7 cm³/mol. The maximum Gasteiger partial charge on any atom is 0.174 e. The summed E-state index contributed by atoms with van der Waals surface area (Å²) in [7, 11) is 0. The molecule has 0 aliphatic heterocycles. The number of benzene rings is 1. The number of rotatable bonds is 2.